The third kappa shape index (κ3) is 4.06. The van der Waals surface area contributed by atoms with Gasteiger partial charge in [0, 0.05) is 11.1 Å². The van der Waals surface area contributed by atoms with Crippen LogP contribution in [0, 0.1) is 13.8 Å². The number of hydrogen-bond acceptors (Lipinski definition) is 5. The van der Waals surface area contributed by atoms with E-state index >= 15 is 0 Å². The second-order valence-electron chi connectivity index (χ2n) is 4.61. The molecule has 22 heavy (non-hydrogen) atoms. The second kappa shape index (κ2) is 6.47. The van der Waals surface area contributed by atoms with Crippen LogP contribution in [-0.2, 0) is 14.8 Å². The van der Waals surface area contributed by atoms with Crippen LogP contribution in [0.25, 0.3) is 0 Å². The summed E-state index contributed by atoms with van der Waals surface area (Å²) in [6, 6.07) is 5.82. The van der Waals surface area contributed by atoms with Crippen LogP contribution in [0.5, 0.6) is 0 Å². The number of hydrogen-bond donors (Lipinski definition) is 2. The highest BCUT2D eigenvalue weighted by molar-refractivity contribution is 7.89. The van der Waals surface area contributed by atoms with Gasteiger partial charge in [-0.15, -0.1) is 0 Å². The average Bonchev–Trinajstić information content (AvgIpc) is 2.85. The molecule has 0 saturated heterocycles. The molecule has 2 rings (SSSR count). The van der Waals surface area contributed by atoms with Gasteiger partial charge in [0.15, 0.2) is 5.82 Å². The predicted molar refractivity (Wildman–Crippen MR) is 81.2 cm³/mol. The monoisotopic (exact) mass is 343 g/mol. The number of nitrogens with one attached hydrogen (secondary N) is 2. The highest BCUT2D eigenvalue weighted by atomic mass is 35.5. The van der Waals surface area contributed by atoms with Gasteiger partial charge in [-0.1, -0.05) is 16.8 Å². The summed E-state index contributed by atoms with van der Waals surface area (Å²) in [5, 5.41) is 6.47. The lowest BCUT2D eigenvalue weighted by atomic mass is 10.2. The maximum Gasteiger partial charge on any atom is 0.241 e. The molecule has 0 fully saturated rings. The number of anilines is 1. The quantitative estimate of drug-likeness (QED) is 0.862. The fraction of sp³-hybridized carbons (Fsp3) is 0.231. The second-order valence-corrected chi connectivity index (χ2v) is 6.78. The number of nitrogens with zero attached hydrogens (tertiary/aromatic N) is 1. The zero-order chi connectivity index (χ0) is 16.3. The minimum atomic E-state index is -3.79. The molecule has 0 saturated carbocycles. The van der Waals surface area contributed by atoms with Gasteiger partial charge >= 0.3 is 0 Å². The first-order valence-electron chi connectivity index (χ1n) is 6.27. The fourth-order valence-electron chi connectivity index (χ4n) is 1.64. The molecule has 0 spiro atoms. The summed E-state index contributed by atoms with van der Waals surface area (Å²) in [6.45, 7) is 2.95. The number of benzene rings is 1. The Morgan fingerprint density at radius 3 is 2.64 bits per heavy atom. The molecule has 0 unspecified atom stereocenters. The summed E-state index contributed by atoms with van der Waals surface area (Å²) in [5.74, 6) is 0.208. The zero-order valence-corrected chi connectivity index (χ0v) is 13.5. The molecular formula is C13H14ClN3O4S. The number of amides is 1. The molecule has 1 heterocycles. The third-order valence-corrected chi connectivity index (χ3v) is 4.58. The molecule has 0 radical (unpaired) electrons. The molecule has 0 aliphatic carbocycles. The van der Waals surface area contributed by atoms with Crippen molar-refractivity contribution in [2.75, 3.05) is 11.9 Å². The van der Waals surface area contributed by atoms with E-state index in [0.29, 0.717) is 16.3 Å². The van der Waals surface area contributed by atoms with Gasteiger partial charge in [-0.05, 0) is 37.6 Å². The Morgan fingerprint density at radius 2 is 2.05 bits per heavy atom. The van der Waals surface area contributed by atoms with E-state index < -0.39 is 22.5 Å². The lowest BCUT2D eigenvalue weighted by molar-refractivity contribution is -0.115. The number of halogens is 1. The summed E-state index contributed by atoms with van der Waals surface area (Å²) in [4.78, 5) is 11.7. The molecule has 0 aliphatic rings. The smallest absolute Gasteiger partial charge is 0.241 e. The maximum atomic E-state index is 12.1. The first kappa shape index (κ1) is 16.5. The van der Waals surface area contributed by atoms with Crippen LogP contribution in [-0.4, -0.2) is 26.0 Å². The van der Waals surface area contributed by atoms with Gasteiger partial charge in [0.1, 0.15) is 5.76 Å². The number of carbonyl (C=O) groups is 1. The van der Waals surface area contributed by atoms with E-state index in [1.54, 1.807) is 13.8 Å². The van der Waals surface area contributed by atoms with Crippen molar-refractivity contribution in [3.05, 3.63) is 40.6 Å². The Balaban J connectivity index is 2.00. The summed E-state index contributed by atoms with van der Waals surface area (Å²) in [5.41, 5.74) is 0.632. The third-order valence-electron chi connectivity index (χ3n) is 2.76. The van der Waals surface area contributed by atoms with Crippen molar-refractivity contribution in [3.8, 4) is 0 Å². The molecule has 118 valence electrons. The van der Waals surface area contributed by atoms with Crippen molar-refractivity contribution in [1.29, 1.82) is 0 Å². The zero-order valence-electron chi connectivity index (χ0n) is 11.9. The number of carbonyl (C=O) groups excluding carboxylic acids is 1. The van der Waals surface area contributed by atoms with E-state index in [4.69, 9.17) is 16.1 Å². The van der Waals surface area contributed by atoms with Crippen molar-refractivity contribution in [2.45, 2.75) is 18.7 Å². The van der Waals surface area contributed by atoms with Crippen molar-refractivity contribution >= 4 is 33.3 Å². The number of sulfonamides is 1. The van der Waals surface area contributed by atoms with Crippen LogP contribution in [0.3, 0.4) is 0 Å². The van der Waals surface area contributed by atoms with Crippen LogP contribution in [0.4, 0.5) is 5.82 Å². The molecule has 7 nitrogen and oxygen atoms in total. The molecule has 2 aromatic rings. The van der Waals surface area contributed by atoms with Gasteiger partial charge in [-0.3, -0.25) is 4.79 Å². The van der Waals surface area contributed by atoms with E-state index in [1.165, 1.54) is 24.3 Å². The summed E-state index contributed by atoms with van der Waals surface area (Å²) >= 11 is 5.86. The summed E-state index contributed by atoms with van der Waals surface area (Å²) < 4.78 is 31.2. The van der Waals surface area contributed by atoms with Gasteiger partial charge in [0.05, 0.1) is 11.4 Å². The standard InChI is InChI=1S/C13H14ClN3O4S/c1-8-5-10(3-4-11(8)14)22(19,20)15-7-13(18)16-12-6-9(2)21-17-12/h3-6,15H,7H2,1-2H3,(H,16,17,18). The molecule has 9 heteroatoms. The molecule has 0 bridgehead atoms. The highest BCUT2D eigenvalue weighted by Crippen LogP contribution is 2.19. The van der Waals surface area contributed by atoms with Crippen molar-refractivity contribution < 1.29 is 17.7 Å². The van der Waals surface area contributed by atoms with Crippen LogP contribution in [0.15, 0.2) is 33.7 Å². The Kier molecular flexibility index (Phi) is 4.84. The van der Waals surface area contributed by atoms with Gasteiger partial charge < -0.3 is 9.84 Å². The normalized spacial score (nSPS) is 11.4. The lowest BCUT2D eigenvalue weighted by Crippen LogP contribution is -2.33. The van der Waals surface area contributed by atoms with Crippen molar-refractivity contribution in [2.24, 2.45) is 0 Å². The minimum Gasteiger partial charge on any atom is -0.360 e. The molecule has 1 amide bonds. The van der Waals surface area contributed by atoms with Crippen molar-refractivity contribution in [3.63, 3.8) is 0 Å². The Bertz CT molecular complexity index is 801. The molecular weight excluding hydrogens is 330 g/mol. The van der Waals surface area contributed by atoms with Gasteiger partial charge in [0.25, 0.3) is 0 Å². The van der Waals surface area contributed by atoms with Crippen LogP contribution >= 0.6 is 11.6 Å². The molecule has 1 aromatic heterocycles. The Hall–Kier alpha value is -1.90. The minimum absolute atomic E-state index is 0.0412. The van der Waals surface area contributed by atoms with Crippen LogP contribution in [0.1, 0.15) is 11.3 Å². The number of rotatable bonds is 5. The van der Waals surface area contributed by atoms with Gasteiger partial charge in [-0.2, -0.15) is 0 Å². The van der Waals surface area contributed by atoms with Gasteiger partial charge in [-0.25, -0.2) is 13.1 Å². The van der Waals surface area contributed by atoms with E-state index in [1.807, 2.05) is 0 Å². The average molecular weight is 344 g/mol. The first-order valence-corrected chi connectivity index (χ1v) is 8.13. The molecule has 2 N–H and O–H groups in total. The number of aryl methyl sites for hydroxylation is 2. The fourth-order valence-corrected chi connectivity index (χ4v) is 2.83. The van der Waals surface area contributed by atoms with Gasteiger partial charge in [0.2, 0.25) is 15.9 Å². The largest absolute Gasteiger partial charge is 0.360 e. The first-order chi connectivity index (χ1) is 10.3. The Morgan fingerprint density at radius 1 is 1.32 bits per heavy atom. The van der Waals surface area contributed by atoms with Crippen LogP contribution < -0.4 is 10.0 Å². The van der Waals surface area contributed by atoms with E-state index in [2.05, 4.69) is 15.2 Å². The lowest BCUT2D eigenvalue weighted by Gasteiger charge is -2.07. The van der Waals surface area contributed by atoms with Crippen LogP contribution in [0.2, 0.25) is 5.02 Å². The SMILES string of the molecule is Cc1cc(NC(=O)CNS(=O)(=O)c2ccc(Cl)c(C)c2)no1. The topological polar surface area (TPSA) is 101 Å². The molecule has 0 aliphatic heterocycles. The predicted octanol–water partition coefficient (Wildman–Crippen LogP) is 1.86. The highest BCUT2D eigenvalue weighted by Gasteiger charge is 2.16. The number of aromatic nitrogens is 1. The molecule has 0 atom stereocenters. The van der Waals surface area contributed by atoms with E-state index in [0.717, 1.165) is 0 Å². The van der Waals surface area contributed by atoms with E-state index in [-0.39, 0.29) is 10.7 Å². The summed E-state index contributed by atoms with van der Waals surface area (Å²) in [7, 11) is -3.79. The Labute approximate surface area is 132 Å². The summed E-state index contributed by atoms with van der Waals surface area (Å²) in [6.07, 6.45) is 0. The van der Waals surface area contributed by atoms with E-state index in [9.17, 15) is 13.2 Å². The molecule has 1 aromatic carbocycles. The van der Waals surface area contributed by atoms with Crippen molar-refractivity contribution in [1.82, 2.24) is 9.88 Å². The maximum absolute atomic E-state index is 12.1.